The summed E-state index contributed by atoms with van der Waals surface area (Å²) < 4.78 is 78.4. The van der Waals surface area contributed by atoms with Crippen molar-refractivity contribution in [3.8, 4) is 0 Å². The van der Waals surface area contributed by atoms with Crippen molar-refractivity contribution in [2.45, 2.75) is 25.0 Å². The molecule has 0 saturated carbocycles. The number of nitrogens with zero attached hydrogens (tertiary/aromatic N) is 1. The Kier molecular flexibility index (Phi) is 2.86. The van der Waals surface area contributed by atoms with Crippen molar-refractivity contribution in [3.05, 3.63) is 0 Å². The number of hydrogen-bond acceptors (Lipinski definition) is 3. The first-order valence-corrected chi connectivity index (χ1v) is 4.16. The lowest BCUT2D eigenvalue weighted by molar-refractivity contribution is -0.399. The molecule has 0 aliphatic carbocycles. The van der Waals surface area contributed by atoms with Gasteiger partial charge in [-0.15, -0.1) is 0 Å². The number of hydrogen-bond donors (Lipinski definition) is 0. The first-order valence-electron chi connectivity index (χ1n) is 4.16. The Morgan fingerprint density at radius 2 is 1.69 bits per heavy atom. The molecule has 9 heteroatoms. The second-order valence-electron chi connectivity index (χ2n) is 3.13. The van der Waals surface area contributed by atoms with Crippen LogP contribution in [0.25, 0.3) is 0 Å². The molecule has 0 N–H and O–H groups in total. The van der Waals surface area contributed by atoms with Crippen LogP contribution in [-0.2, 0) is 9.53 Å². The molecule has 0 unspecified atom stereocenters. The Morgan fingerprint density at radius 3 is 1.94 bits per heavy atom. The van der Waals surface area contributed by atoms with Gasteiger partial charge in [0.2, 0.25) is 0 Å². The minimum atomic E-state index is -5.73. The fourth-order valence-corrected chi connectivity index (χ4v) is 1.50. The van der Waals surface area contributed by atoms with Crippen LogP contribution in [0, 0.1) is 0 Å². The SMILES string of the molecule is CCN1CC(=O)OC1(C(F)(F)F)C(F)(F)F. The average Bonchev–Trinajstić information content (AvgIpc) is 2.40. The molecule has 94 valence electrons. The van der Waals surface area contributed by atoms with E-state index in [9.17, 15) is 31.1 Å². The van der Waals surface area contributed by atoms with Crippen molar-refractivity contribution < 1.29 is 35.9 Å². The van der Waals surface area contributed by atoms with E-state index in [0.29, 0.717) is 0 Å². The normalized spacial score (nSPS) is 22.3. The molecular formula is C7H7F6NO2. The molecule has 0 radical (unpaired) electrons. The summed E-state index contributed by atoms with van der Waals surface area (Å²) in [6, 6.07) is 0. The quantitative estimate of drug-likeness (QED) is 0.524. The van der Waals surface area contributed by atoms with E-state index < -0.39 is 37.1 Å². The van der Waals surface area contributed by atoms with Crippen LogP contribution in [0.2, 0.25) is 0 Å². The summed E-state index contributed by atoms with van der Waals surface area (Å²) in [5.41, 5.74) is -4.51. The van der Waals surface area contributed by atoms with E-state index in [-0.39, 0.29) is 4.90 Å². The molecule has 1 aliphatic heterocycles. The molecular weight excluding hydrogens is 244 g/mol. The van der Waals surface area contributed by atoms with Crippen molar-refractivity contribution in [3.63, 3.8) is 0 Å². The number of alkyl halides is 6. The summed E-state index contributed by atoms with van der Waals surface area (Å²) in [7, 11) is 0. The van der Waals surface area contributed by atoms with E-state index in [4.69, 9.17) is 0 Å². The van der Waals surface area contributed by atoms with E-state index in [2.05, 4.69) is 4.74 Å². The van der Waals surface area contributed by atoms with Crippen LogP contribution in [0.3, 0.4) is 0 Å². The van der Waals surface area contributed by atoms with Crippen LogP contribution in [-0.4, -0.2) is 42.0 Å². The highest BCUT2D eigenvalue weighted by molar-refractivity contribution is 5.74. The molecule has 1 saturated heterocycles. The van der Waals surface area contributed by atoms with Crippen LogP contribution >= 0.6 is 0 Å². The minimum absolute atomic E-state index is 0.0880. The Bertz CT molecular complexity index is 282. The number of esters is 1. The number of carbonyl (C=O) groups is 1. The van der Waals surface area contributed by atoms with Gasteiger partial charge in [-0.05, 0) is 0 Å². The second kappa shape index (κ2) is 3.51. The van der Waals surface area contributed by atoms with Gasteiger partial charge in [-0.3, -0.25) is 4.79 Å². The van der Waals surface area contributed by atoms with Gasteiger partial charge < -0.3 is 4.74 Å². The molecule has 0 bridgehead atoms. The predicted octanol–water partition coefficient (Wildman–Crippen LogP) is 1.69. The van der Waals surface area contributed by atoms with Crippen molar-refractivity contribution in [2.24, 2.45) is 0 Å². The lowest BCUT2D eigenvalue weighted by Crippen LogP contribution is -2.65. The van der Waals surface area contributed by atoms with E-state index in [1.54, 1.807) is 0 Å². The molecule has 0 aromatic rings. The molecule has 16 heavy (non-hydrogen) atoms. The Labute approximate surface area is 86.0 Å². The zero-order valence-electron chi connectivity index (χ0n) is 7.95. The first kappa shape index (κ1) is 13.1. The van der Waals surface area contributed by atoms with Gasteiger partial charge in [-0.1, -0.05) is 6.92 Å². The Hall–Kier alpha value is -0.990. The molecule has 0 aromatic heterocycles. The van der Waals surface area contributed by atoms with E-state index in [1.807, 2.05) is 0 Å². The molecule has 0 amide bonds. The summed E-state index contributed by atoms with van der Waals surface area (Å²) in [5, 5.41) is 0. The number of likely N-dealkylation sites (N-methyl/N-ethyl adjacent to an activating group) is 1. The summed E-state index contributed by atoms with van der Waals surface area (Å²) in [6.07, 6.45) is -11.5. The number of cyclic esters (lactones) is 1. The smallest absolute Gasteiger partial charge is 0.424 e. The van der Waals surface area contributed by atoms with Crippen molar-refractivity contribution in [1.82, 2.24) is 4.90 Å². The Morgan fingerprint density at radius 1 is 1.25 bits per heavy atom. The fourth-order valence-electron chi connectivity index (χ4n) is 1.50. The van der Waals surface area contributed by atoms with Crippen molar-refractivity contribution in [1.29, 1.82) is 0 Å². The number of halogens is 6. The standard InChI is InChI=1S/C7H7F6NO2/c1-2-14-3-4(15)16-5(14,6(8,9)10)7(11,12)13/h2-3H2,1H3. The molecule has 3 nitrogen and oxygen atoms in total. The molecule has 1 rings (SSSR count). The highest BCUT2D eigenvalue weighted by Gasteiger charge is 2.79. The molecule has 1 aliphatic rings. The van der Waals surface area contributed by atoms with Crippen LogP contribution in [0.5, 0.6) is 0 Å². The lowest BCUT2D eigenvalue weighted by Gasteiger charge is -2.37. The monoisotopic (exact) mass is 251 g/mol. The minimum Gasteiger partial charge on any atom is -0.424 e. The van der Waals surface area contributed by atoms with E-state index in [1.165, 1.54) is 0 Å². The number of carbonyl (C=O) groups excluding carboxylic acids is 1. The van der Waals surface area contributed by atoms with Gasteiger partial charge in [-0.2, -0.15) is 26.3 Å². The molecule has 1 fully saturated rings. The third kappa shape index (κ3) is 1.62. The maximum absolute atomic E-state index is 12.5. The van der Waals surface area contributed by atoms with Gasteiger partial charge in [0.25, 0.3) is 0 Å². The van der Waals surface area contributed by atoms with Crippen molar-refractivity contribution in [2.75, 3.05) is 13.1 Å². The maximum atomic E-state index is 12.5. The molecule has 1 heterocycles. The summed E-state index contributed by atoms with van der Waals surface area (Å²) in [4.78, 5) is 10.6. The van der Waals surface area contributed by atoms with E-state index in [0.717, 1.165) is 6.92 Å². The highest BCUT2D eigenvalue weighted by atomic mass is 19.4. The molecule has 0 spiro atoms. The Balaban J connectivity index is 3.30. The zero-order valence-corrected chi connectivity index (χ0v) is 7.95. The zero-order chi connectivity index (χ0) is 12.8. The molecule has 0 atom stereocenters. The maximum Gasteiger partial charge on any atom is 0.453 e. The fraction of sp³-hybridized carbons (Fsp3) is 0.857. The molecule has 0 aromatic carbocycles. The summed E-state index contributed by atoms with van der Waals surface area (Å²) >= 11 is 0. The third-order valence-corrected chi connectivity index (χ3v) is 2.18. The van der Waals surface area contributed by atoms with Crippen LogP contribution in [0.1, 0.15) is 6.92 Å². The van der Waals surface area contributed by atoms with Crippen LogP contribution in [0.15, 0.2) is 0 Å². The van der Waals surface area contributed by atoms with Crippen LogP contribution in [0.4, 0.5) is 26.3 Å². The largest absolute Gasteiger partial charge is 0.453 e. The van der Waals surface area contributed by atoms with Gasteiger partial charge in [0.05, 0.1) is 0 Å². The van der Waals surface area contributed by atoms with Gasteiger partial charge in [0.1, 0.15) is 6.54 Å². The van der Waals surface area contributed by atoms with Gasteiger partial charge in [0, 0.05) is 6.54 Å². The van der Waals surface area contributed by atoms with Gasteiger partial charge in [-0.25, -0.2) is 4.90 Å². The second-order valence-corrected chi connectivity index (χ2v) is 3.13. The topological polar surface area (TPSA) is 29.5 Å². The van der Waals surface area contributed by atoms with Gasteiger partial charge >= 0.3 is 24.0 Å². The number of ether oxygens (including phenoxy) is 1. The summed E-state index contributed by atoms with van der Waals surface area (Å²) in [5.74, 6) is -1.54. The van der Waals surface area contributed by atoms with E-state index >= 15 is 0 Å². The number of rotatable bonds is 1. The van der Waals surface area contributed by atoms with Crippen molar-refractivity contribution >= 4 is 5.97 Å². The highest BCUT2D eigenvalue weighted by Crippen LogP contribution is 2.50. The summed E-state index contributed by atoms with van der Waals surface area (Å²) in [6.45, 7) is -0.561. The first-order chi connectivity index (χ1) is 7.06. The van der Waals surface area contributed by atoms with Crippen LogP contribution < -0.4 is 0 Å². The third-order valence-electron chi connectivity index (χ3n) is 2.18. The average molecular weight is 251 g/mol. The van der Waals surface area contributed by atoms with Gasteiger partial charge in [0.15, 0.2) is 0 Å². The lowest BCUT2D eigenvalue weighted by atomic mass is 10.1. The predicted molar refractivity (Wildman–Crippen MR) is 38.2 cm³/mol.